The Balaban J connectivity index is 1.73. The molecule has 0 radical (unpaired) electrons. The monoisotopic (exact) mass is 410 g/mol. The van der Waals surface area contributed by atoms with Gasteiger partial charge in [0.25, 0.3) is 0 Å². The predicted octanol–water partition coefficient (Wildman–Crippen LogP) is 1.87. The molecule has 158 valence electrons. The first-order chi connectivity index (χ1) is 13.5. The third-order valence-electron chi connectivity index (χ3n) is 5.36. The smallest absolute Gasteiger partial charge is 0.213 e. The Kier molecular flexibility index (Phi) is 9.21. The fourth-order valence-electron chi connectivity index (χ4n) is 3.62. The van der Waals surface area contributed by atoms with Gasteiger partial charge in [0.05, 0.1) is 5.75 Å². The van der Waals surface area contributed by atoms with Gasteiger partial charge in [0.1, 0.15) is 0 Å². The molecule has 1 aliphatic rings. The molecule has 0 amide bonds. The van der Waals surface area contributed by atoms with E-state index < -0.39 is 10.0 Å². The van der Waals surface area contributed by atoms with Gasteiger partial charge in [-0.15, -0.1) is 0 Å². The second-order valence-electron chi connectivity index (χ2n) is 7.43. The summed E-state index contributed by atoms with van der Waals surface area (Å²) < 4.78 is 32.3. The quantitative estimate of drug-likeness (QED) is 0.383. The molecule has 0 atom stereocenters. The number of ether oxygens (including phenoxy) is 1. The second-order valence-corrected chi connectivity index (χ2v) is 9.35. The van der Waals surface area contributed by atoms with Crippen LogP contribution in [0.2, 0.25) is 0 Å². The normalized spacial score (nSPS) is 16.9. The lowest BCUT2D eigenvalue weighted by Gasteiger charge is -2.29. The number of sulfonamides is 1. The highest BCUT2D eigenvalue weighted by Gasteiger charge is 2.33. The number of aliphatic imine (C=N–C) groups is 1. The van der Waals surface area contributed by atoms with E-state index >= 15 is 0 Å². The van der Waals surface area contributed by atoms with Crippen LogP contribution in [-0.2, 0) is 21.3 Å². The SMILES string of the molecule is CN=C(NCCS(=O)(=O)NCc1ccccc1)NCC1(CCOC)CCCC1. The van der Waals surface area contributed by atoms with E-state index in [1.807, 2.05) is 30.3 Å². The average Bonchev–Trinajstić information content (AvgIpc) is 3.17. The zero-order chi connectivity index (χ0) is 20.3. The van der Waals surface area contributed by atoms with Crippen LogP contribution in [0.5, 0.6) is 0 Å². The van der Waals surface area contributed by atoms with Crippen molar-refractivity contribution >= 4 is 16.0 Å². The number of methoxy groups -OCH3 is 1. The average molecular weight is 411 g/mol. The first-order valence-corrected chi connectivity index (χ1v) is 11.6. The van der Waals surface area contributed by atoms with Gasteiger partial charge in [0, 0.05) is 40.4 Å². The number of nitrogens with one attached hydrogen (secondary N) is 3. The van der Waals surface area contributed by atoms with Gasteiger partial charge >= 0.3 is 0 Å². The molecule has 1 fully saturated rings. The number of hydrogen-bond acceptors (Lipinski definition) is 4. The molecule has 28 heavy (non-hydrogen) atoms. The molecule has 0 spiro atoms. The summed E-state index contributed by atoms with van der Waals surface area (Å²) in [5.41, 5.74) is 1.19. The number of hydrogen-bond donors (Lipinski definition) is 3. The molecule has 0 bridgehead atoms. The first kappa shape index (κ1) is 22.6. The Bertz CT molecular complexity index is 701. The summed E-state index contributed by atoms with van der Waals surface area (Å²) in [6, 6.07) is 9.49. The van der Waals surface area contributed by atoms with Gasteiger partial charge < -0.3 is 15.4 Å². The fraction of sp³-hybridized carbons (Fsp3) is 0.650. The van der Waals surface area contributed by atoms with Gasteiger partial charge in [-0.1, -0.05) is 43.2 Å². The molecule has 1 saturated carbocycles. The van der Waals surface area contributed by atoms with E-state index in [0.717, 1.165) is 25.1 Å². The number of nitrogens with zero attached hydrogens (tertiary/aromatic N) is 1. The summed E-state index contributed by atoms with van der Waals surface area (Å²) in [5, 5.41) is 6.48. The summed E-state index contributed by atoms with van der Waals surface area (Å²) in [6.07, 6.45) is 5.92. The Hall–Kier alpha value is -1.64. The van der Waals surface area contributed by atoms with Crippen molar-refractivity contribution in [2.75, 3.05) is 39.6 Å². The van der Waals surface area contributed by atoms with Crippen molar-refractivity contribution in [3.8, 4) is 0 Å². The highest BCUT2D eigenvalue weighted by Crippen LogP contribution is 2.40. The fourth-order valence-corrected chi connectivity index (χ4v) is 4.52. The third kappa shape index (κ3) is 7.77. The van der Waals surface area contributed by atoms with Crippen LogP contribution in [0.3, 0.4) is 0 Å². The molecule has 0 unspecified atom stereocenters. The summed E-state index contributed by atoms with van der Waals surface area (Å²) in [5.74, 6) is 0.636. The second kappa shape index (κ2) is 11.4. The van der Waals surface area contributed by atoms with E-state index in [4.69, 9.17) is 4.74 Å². The molecule has 1 aliphatic carbocycles. The predicted molar refractivity (Wildman–Crippen MR) is 114 cm³/mol. The van der Waals surface area contributed by atoms with Crippen LogP contribution in [0.1, 0.15) is 37.7 Å². The zero-order valence-electron chi connectivity index (χ0n) is 17.0. The van der Waals surface area contributed by atoms with Gasteiger partial charge in [-0.05, 0) is 30.2 Å². The minimum absolute atomic E-state index is 0.00461. The third-order valence-corrected chi connectivity index (χ3v) is 6.68. The van der Waals surface area contributed by atoms with Gasteiger partial charge in [-0.2, -0.15) is 0 Å². The summed E-state index contributed by atoms with van der Waals surface area (Å²) in [6.45, 7) is 2.20. The van der Waals surface area contributed by atoms with Gasteiger partial charge in [-0.25, -0.2) is 13.1 Å². The van der Waals surface area contributed by atoms with Crippen molar-refractivity contribution in [2.45, 2.75) is 38.6 Å². The van der Waals surface area contributed by atoms with Crippen LogP contribution in [-0.4, -0.2) is 54.0 Å². The lowest BCUT2D eigenvalue weighted by atomic mass is 9.83. The molecule has 1 aromatic rings. The molecule has 7 nitrogen and oxygen atoms in total. The van der Waals surface area contributed by atoms with Crippen molar-refractivity contribution in [1.82, 2.24) is 15.4 Å². The maximum atomic E-state index is 12.2. The zero-order valence-corrected chi connectivity index (χ0v) is 17.9. The Morgan fingerprint density at radius 1 is 1.18 bits per heavy atom. The van der Waals surface area contributed by atoms with Gasteiger partial charge in [0.2, 0.25) is 10.0 Å². The highest BCUT2D eigenvalue weighted by atomic mass is 32.2. The molecule has 8 heteroatoms. The maximum absolute atomic E-state index is 12.2. The molecule has 1 aromatic carbocycles. The number of guanidine groups is 1. The molecule has 3 N–H and O–H groups in total. The van der Waals surface area contributed by atoms with E-state index in [2.05, 4.69) is 20.3 Å². The largest absolute Gasteiger partial charge is 0.385 e. The van der Waals surface area contributed by atoms with Crippen molar-refractivity contribution in [3.05, 3.63) is 35.9 Å². The molecule has 0 saturated heterocycles. The van der Waals surface area contributed by atoms with Crippen molar-refractivity contribution < 1.29 is 13.2 Å². The van der Waals surface area contributed by atoms with E-state index in [-0.39, 0.29) is 11.2 Å². The minimum Gasteiger partial charge on any atom is -0.385 e. The van der Waals surface area contributed by atoms with Gasteiger partial charge in [0.15, 0.2) is 5.96 Å². The number of benzene rings is 1. The van der Waals surface area contributed by atoms with E-state index in [9.17, 15) is 8.42 Å². The minimum atomic E-state index is -3.35. The molecule has 0 aliphatic heterocycles. The van der Waals surface area contributed by atoms with E-state index in [1.54, 1.807) is 14.2 Å². The first-order valence-electron chi connectivity index (χ1n) is 9.93. The van der Waals surface area contributed by atoms with Crippen LogP contribution in [0.4, 0.5) is 0 Å². The molecule has 0 aromatic heterocycles. The molecule has 0 heterocycles. The van der Waals surface area contributed by atoms with Crippen molar-refractivity contribution in [2.24, 2.45) is 10.4 Å². The maximum Gasteiger partial charge on any atom is 0.213 e. The van der Waals surface area contributed by atoms with Gasteiger partial charge in [-0.3, -0.25) is 4.99 Å². The highest BCUT2D eigenvalue weighted by molar-refractivity contribution is 7.89. The van der Waals surface area contributed by atoms with E-state index in [0.29, 0.717) is 19.0 Å². The lowest BCUT2D eigenvalue weighted by molar-refractivity contribution is 0.138. The van der Waals surface area contributed by atoms with E-state index in [1.165, 1.54) is 25.7 Å². The number of rotatable bonds is 11. The Morgan fingerprint density at radius 3 is 2.54 bits per heavy atom. The van der Waals surface area contributed by atoms with Crippen molar-refractivity contribution in [1.29, 1.82) is 0 Å². The molecular formula is C20H34N4O3S. The van der Waals surface area contributed by atoms with Crippen LogP contribution in [0.25, 0.3) is 0 Å². The van der Waals surface area contributed by atoms with Crippen LogP contribution in [0, 0.1) is 5.41 Å². The van der Waals surface area contributed by atoms with Crippen molar-refractivity contribution in [3.63, 3.8) is 0 Å². The van der Waals surface area contributed by atoms with Crippen LogP contribution in [0.15, 0.2) is 35.3 Å². The Morgan fingerprint density at radius 2 is 1.89 bits per heavy atom. The summed E-state index contributed by atoms with van der Waals surface area (Å²) >= 11 is 0. The van der Waals surface area contributed by atoms with Crippen LogP contribution >= 0.6 is 0 Å². The lowest BCUT2D eigenvalue weighted by Crippen LogP contribution is -2.45. The molecule has 2 rings (SSSR count). The Labute approximate surface area is 169 Å². The summed E-state index contributed by atoms with van der Waals surface area (Å²) in [7, 11) is 0.0911. The topological polar surface area (TPSA) is 91.8 Å². The van der Waals surface area contributed by atoms with Crippen LogP contribution < -0.4 is 15.4 Å². The molecular weight excluding hydrogens is 376 g/mol. The summed E-state index contributed by atoms with van der Waals surface area (Å²) in [4.78, 5) is 4.22. The standard InChI is InChI=1S/C20H34N4O3S/c1-21-19(23-17-20(12-14-27-2)10-6-7-11-20)22-13-15-28(25,26)24-16-18-8-4-3-5-9-18/h3-5,8-9,24H,6-7,10-17H2,1-2H3,(H2,21,22,23).